The molecule has 0 aliphatic rings. The fourth-order valence-corrected chi connectivity index (χ4v) is 2.28. The monoisotopic (exact) mass is 278 g/mol. The Labute approximate surface area is 108 Å². The zero-order valence-electron chi connectivity index (χ0n) is 10.0. The van der Waals surface area contributed by atoms with Crippen molar-refractivity contribution in [1.29, 1.82) is 0 Å². The maximum Gasteiger partial charge on any atom is 0.417 e. The van der Waals surface area contributed by atoms with Crippen molar-refractivity contribution in [2.24, 2.45) is 0 Å². The predicted molar refractivity (Wildman–Crippen MR) is 63.8 cm³/mol. The number of esters is 1. The molecule has 2 nitrogen and oxygen atoms in total. The summed E-state index contributed by atoms with van der Waals surface area (Å²) in [6, 6.07) is 3.69. The number of hydrogen-bond donors (Lipinski definition) is 0. The smallest absolute Gasteiger partial charge is 0.417 e. The van der Waals surface area contributed by atoms with E-state index in [2.05, 4.69) is 0 Å². The van der Waals surface area contributed by atoms with Gasteiger partial charge in [0.05, 0.1) is 17.7 Å². The van der Waals surface area contributed by atoms with E-state index in [1.54, 1.807) is 13.8 Å². The fraction of sp³-hybridized carbons (Fsp3) is 0.417. The Hall–Kier alpha value is -1.17. The molecular formula is C12H13F3O2S. The number of benzene rings is 1. The lowest BCUT2D eigenvalue weighted by Gasteiger charge is -2.15. The zero-order valence-corrected chi connectivity index (χ0v) is 10.8. The molecule has 100 valence electrons. The molecule has 1 rings (SSSR count). The standard InChI is InChI=1S/C12H13F3O2S/c1-3-17-11(16)10-8(12(13,14)15)6-5-7-9(10)18-4-2/h5-7H,3-4H2,1-2H3. The van der Waals surface area contributed by atoms with Gasteiger partial charge < -0.3 is 4.74 Å². The maximum atomic E-state index is 12.9. The van der Waals surface area contributed by atoms with Gasteiger partial charge in [-0.25, -0.2) is 4.79 Å². The van der Waals surface area contributed by atoms with Crippen LogP contribution in [0.2, 0.25) is 0 Å². The summed E-state index contributed by atoms with van der Waals surface area (Å²) in [4.78, 5) is 12.0. The molecule has 1 aromatic carbocycles. The Kier molecular flexibility index (Phi) is 5.07. The van der Waals surface area contributed by atoms with E-state index in [1.807, 2.05) is 0 Å². The Balaban J connectivity index is 3.34. The van der Waals surface area contributed by atoms with Crippen LogP contribution in [0, 0.1) is 0 Å². The van der Waals surface area contributed by atoms with Gasteiger partial charge in [-0.3, -0.25) is 0 Å². The van der Waals surface area contributed by atoms with Crippen molar-refractivity contribution < 1.29 is 22.7 Å². The molecule has 0 amide bonds. The number of carbonyl (C=O) groups excluding carboxylic acids is 1. The summed E-state index contributed by atoms with van der Waals surface area (Å²) in [5.41, 5.74) is -1.34. The molecule has 0 bridgehead atoms. The van der Waals surface area contributed by atoms with Gasteiger partial charge in [0.25, 0.3) is 0 Å². The van der Waals surface area contributed by atoms with E-state index in [-0.39, 0.29) is 6.61 Å². The molecule has 0 saturated carbocycles. The third-order valence-corrected chi connectivity index (χ3v) is 3.05. The van der Waals surface area contributed by atoms with Crippen LogP contribution >= 0.6 is 11.8 Å². The van der Waals surface area contributed by atoms with Crippen molar-refractivity contribution in [2.45, 2.75) is 24.9 Å². The number of halogens is 3. The van der Waals surface area contributed by atoms with Gasteiger partial charge in [0.15, 0.2) is 0 Å². The third-order valence-electron chi connectivity index (χ3n) is 2.11. The van der Waals surface area contributed by atoms with Crippen LogP contribution in [-0.4, -0.2) is 18.3 Å². The lowest BCUT2D eigenvalue weighted by molar-refractivity contribution is -0.138. The van der Waals surface area contributed by atoms with Crippen LogP contribution in [0.4, 0.5) is 13.2 Å². The Morgan fingerprint density at radius 1 is 1.33 bits per heavy atom. The highest BCUT2D eigenvalue weighted by Crippen LogP contribution is 2.36. The second-order valence-corrected chi connectivity index (χ2v) is 4.64. The van der Waals surface area contributed by atoms with Crippen LogP contribution in [0.3, 0.4) is 0 Å². The second-order valence-electron chi connectivity index (χ2n) is 3.33. The van der Waals surface area contributed by atoms with Gasteiger partial charge in [0, 0.05) is 4.90 Å². The predicted octanol–water partition coefficient (Wildman–Crippen LogP) is 3.99. The Morgan fingerprint density at radius 3 is 2.50 bits per heavy atom. The number of alkyl halides is 3. The van der Waals surface area contributed by atoms with Gasteiger partial charge in [0.1, 0.15) is 0 Å². The summed E-state index contributed by atoms with van der Waals surface area (Å²) >= 11 is 1.19. The Bertz CT molecular complexity index is 430. The summed E-state index contributed by atoms with van der Waals surface area (Å²) in [5.74, 6) is -0.352. The van der Waals surface area contributed by atoms with Crippen LogP contribution in [-0.2, 0) is 10.9 Å². The lowest BCUT2D eigenvalue weighted by atomic mass is 10.1. The second kappa shape index (κ2) is 6.13. The minimum atomic E-state index is -4.56. The van der Waals surface area contributed by atoms with Gasteiger partial charge in [-0.05, 0) is 24.8 Å². The van der Waals surface area contributed by atoms with Crippen molar-refractivity contribution >= 4 is 17.7 Å². The van der Waals surface area contributed by atoms with Gasteiger partial charge in [-0.15, -0.1) is 11.8 Å². The molecule has 0 aliphatic heterocycles. The van der Waals surface area contributed by atoms with E-state index in [4.69, 9.17) is 4.74 Å². The molecule has 0 atom stereocenters. The highest BCUT2D eigenvalue weighted by atomic mass is 32.2. The van der Waals surface area contributed by atoms with E-state index >= 15 is 0 Å². The topological polar surface area (TPSA) is 26.3 Å². The van der Waals surface area contributed by atoms with Crippen LogP contribution < -0.4 is 0 Å². The molecule has 0 N–H and O–H groups in total. The van der Waals surface area contributed by atoms with Crippen LogP contribution in [0.25, 0.3) is 0 Å². The van der Waals surface area contributed by atoms with Crippen molar-refractivity contribution in [3.05, 3.63) is 29.3 Å². The number of hydrogen-bond acceptors (Lipinski definition) is 3. The molecule has 6 heteroatoms. The lowest BCUT2D eigenvalue weighted by Crippen LogP contribution is -2.16. The third kappa shape index (κ3) is 3.41. The molecule has 0 heterocycles. The quantitative estimate of drug-likeness (QED) is 0.615. The SMILES string of the molecule is CCOC(=O)c1c(SCC)cccc1C(F)(F)F. The molecule has 0 unspecified atom stereocenters. The number of thioether (sulfide) groups is 1. The molecule has 0 spiro atoms. The minimum absolute atomic E-state index is 0.0429. The highest BCUT2D eigenvalue weighted by molar-refractivity contribution is 7.99. The average Bonchev–Trinajstić information content (AvgIpc) is 2.28. The molecule has 0 aliphatic carbocycles. The van der Waals surface area contributed by atoms with Gasteiger partial charge >= 0.3 is 12.1 Å². The van der Waals surface area contributed by atoms with E-state index in [1.165, 1.54) is 23.9 Å². The normalized spacial score (nSPS) is 11.4. The Morgan fingerprint density at radius 2 is 2.00 bits per heavy atom. The summed E-state index contributed by atoms with van der Waals surface area (Å²) in [6.45, 7) is 3.40. The van der Waals surface area contributed by atoms with Gasteiger partial charge in [-0.1, -0.05) is 13.0 Å². The number of ether oxygens (including phenoxy) is 1. The molecule has 0 fully saturated rings. The molecule has 18 heavy (non-hydrogen) atoms. The van der Waals surface area contributed by atoms with Crippen molar-refractivity contribution in [3.8, 4) is 0 Å². The number of rotatable bonds is 4. The first-order valence-electron chi connectivity index (χ1n) is 5.41. The minimum Gasteiger partial charge on any atom is -0.462 e. The van der Waals surface area contributed by atoms with Crippen molar-refractivity contribution in [1.82, 2.24) is 0 Å². The molecular weight excluding hydrogens is 265 g/mol. The zero-order chi connectivity index (χ0) is 13.8. The van der Waals surface area contributed by atoms with Crippen LogP contribution in [0.1, 0.15) is 29.8 Å². The largest absolute Gasteiger partial charge is 0.462 e. The van der Waals surface area contributed by atoms with E-state index < -0.39 is 23.3 Å². The fourth-order valence-electron chi connectivity index (χ4n) is 1.46. The first-order valence-corrected chi connectivity index (χ1v) is 6.40. The molecule has 0 saturated heterocycles. The maximum absolute atomic E-state index is 12.9. The molecule has 0 aromatic heterocycles. The van der Waals surface area contributed by atoms with E-state index in [0.717, 1.165) is 6.07 Å². The number of carbonyl (C=O) groups is 1. The van der Waals surface area contributed by atoms with E-state index in [0.29, 0.717) is 10.6 Å². The summed E-state index contributed by atoms with van der Waals surface area (Å²) in [6.07, 6.45) is -4.56. The van der Waals surface area contributed by atoms with Crippen LogP contribution in [0.15, 0.2) is 23.1 Å². The highest BCUT2D eigenvalue weighted by Gasteiger charge is 2.36. The summed E-state index contributed by atoms with van der Waals surface area (Å²) in [5, 5.41) is 0. The van der Waals surface area contributed by atoms with Crippen molar-refractivity contribution in [2.75, 3.05) is 12.4 Å². The molecule has 1 aromatic rings. The molecule has 0 radical (unpaired) electrons. The summed E-state index contributed by atoms with van der Waals surface area (Å²) in [7, 11) is 0. The average molecular weight is 278 g/mol. The summed E-state index contributed by atoms with van der Waals surface area (Å²) < 4.78 is 43.3. The van der Waals surface area contributed by atoms with Crippen molar-refractivity contribution in [3.63, 3.8) is 0 Å². The van der Waals surface area contributed by atoms with Gasteiger partial charge in [0.2, 0.25) is 0 Å². The first kappa shape index (κ1) is 14.9. The van der Waals surface area contributed by atoms with Gasteiger partial charge in [-0.2, -0.15) is 13.2 Å². The van der Waals surface area contributed by atoms with E-state index in [9.17, 15) is 18.0 Å². The van der Waals surface area contributed by atoms with Crippen LogP contribution in [0.5, 0.6) is 0 Å². The first-order chi connectivity index (χ1) is 8.41.